The zero-order valence-electron chi connectivity index (χ0n) is 16.7. The Morgan fingerprint density at radius 1 is 0.808 bits per heavy atom. The third-order valence-electron chi connectivity index (χ3n) is 6.09. The number of rotatable bonds is 5. The third-order valence-corrected chi connectivity index (χ3v) is 9.55. The van der Waals surface area contributed by atoms with Crippen molar-refractivity contribution in [3.8, 4) is 0 Å². The predicted octanol–water partition coefficient (Wildman–Crippen LogP) is 7.31. The molecule has 3 heteroatoms. The van der Waals surface area contributed by atoms with Gasteiger partial charge in [-0.1, -0.05) is 78.5 Å². The van der Waals surface area contributed by atoms with Crippen molar-refractivity contribution in [3.63, 3.8) is 0 Å². The average Bonchev–Trinajstić information content (AvgIpc) is 2.70. The van der Waals surface area contributed by atoms with Gasteiger partial charge in [-0.15, -0.1) is 0 Å². The number of hydrogen-bond acceptors (Lipinski definition) is 0. The Hall–Kier alpha value is 0.602. The number of alkyl halides is 1. The van der Waals surface area contributed by atoms with E-state index in [4.69, 9.17) is 11.6 Å². The van der Waals surface area contributed by atoms with Crippen LogP contribution in [-0.2, 0) is 32.0 Å². The van der Waals surface area contributed by atoms with E-state index in [1.165, 1.54) is 77.0 Å². The molecule has 0 nitrogen and oxygen atoms in total. The van der Waals surface area contributed by atoms with Crippen LogP contribution in [0.5, 0.6) is 0 Å². The van der Waals surface area contributed by atoms with Gasteiger partial charge in [-0.3, -0.25) is 0 Å². The molecule has 0 spiro atoms. The van der Waals surface area contributed by atoms with Gasteiger partial charge in [0, 0.05) is 0 Å². The Kier molecular flexibility index (Phi) is 11.4. The van der Waals surface area contributed by atoms with Crippen LogP contribution in [0.25, 0.3) is 0 Å². The number of aryl methyl sites for hydroxylation is 2. The Morgan fingerprint density at radius 3 is 1.54 bits per heavy atom. The average molecular weight is 486 g/mol. The standard InChI is InChI=1S/C22H35P.CH2Cl.Pd/c1-3-18-15-19(4-2)17-22(16-18)23(20-11-7-5-8-12-20)21-13-9-6-10-14-21;1-2;/h15-17,20-21H,3-14H2,1-2H3;1H2;. The van der Waals surface area contributed by atoms with Gasteiger partial charge in [0.05, 0.1) is 0 Å². The summed E-state index contributed by atoms with van der Waals surface area (Å²) in [4.78, 5) is 0. The van der Waals surface area contributed by atoms with Crippen LogP contribution < -0.4 is 5.30 Å². The van der Waals surface area contributed by atoms with E-state index in [0.29, 0.717) is 4.35 Å². The van der Waals surface area contributed by atoms with Gasteiger partial charge in [-0.25, -0.2) is 0 Å². The molecule has 3 rings (SSSR count). The van der Waals surface area contributed by atoms with E-state index in [2.05, 4.69) is 51.2 Å². The fraction of sp³-hybridized carbons (Fsp3) is 0.739. The minimum absolute atomic E-state index is 0.0641. The van der Waals surface area contributed by atoms with E-state index in [1.54, 1.807) is 16.4 Å². The summed E-state index contributed by atoms with van der Waals surface area (Å²) in [5.41, 5.74) is 5.22. The first kappa shape index (κ1) is 22.9. The van der Waals surface area contributed by atoms with Crippen LogP contribution in [0.2, 0.25) is 0 Å². The molecule has 2 saturated carbocycles. The van der Waals surface area contributed by atoms with Gasteiger partial charge in [0.2, 0.25) is 0 Å². The van der Waals surface area contributed by atoms with Crippen LogP contribution in [0.15, 0.2) is 18.2 Å². The maximum absolute atomic E-state index is 4.93. The van der Waals surface area contributed by atoms with Crippen LogP contribution in [0, 0.1) is 0 Å². The van der Waals surface area contributed by atoms with Crippen LogP contribution in [0.3, 0.4) is 0 Å². The van der Waals surface area contributed by atoms with Gasteiger partial charge in [-0.05, 0) is 66.3 Å². The molecule has 151 valence electrons. The summed E-state index contributed by atoms with van der Waals surface area (Å²) in [5.74, 6) is 0. The molecule has 0 atom stereocenters. The molecule has 1 aromatic carbocycles. The van der Waals surface area contributed by atoms with Gasteiger partial charge < -0.3 is 0 Å². The fourth-order valence-corrected chi connectivity index (χ4v) is 8.65. The molecule has 2 aliphatic rings. The predicted molar refractivity (Wildman–Crippen MR) is 116 cm³/mol. The molecular formula is C23H37ClPPd. The van der Waals surface area contributed by atoms with Crippen molar-refractivity contribution >= 4 is 24.8 Å². The second-order valence-electron chi connectivity index (χ2n) is 7.79. The Bertz CT molecular complexity index is 467. The molecule has 0 aliphatic heterocycles. The maximum atomic E-state index is 4.93. The van der Waals surface area contributed by atoms with Gasteiger partial charge in [0.25, 0.3) is 0 Å². The molecular weight excluding hydrogens is 449 g/mol. The first-order chi connectivity index (χ1) is 12.7. The molecule has 0 radical (unpaired) electrons. The van der Waals surface area contributed by atoms with Crippen molar-refractivity contribution in [2.75, 3.05) is 4.35 Å². The van der Waals surface area contributed by atoms with Crippen molar-refractivity contribution in [1.82, 2.24) is 0 Å². The van der Waals surface area contributed by atoms with E-state index in [9.17, 15) is 0 Å². The summed E-state index contributed by atoms with van der Waals surface area (Å²) in [6.45, 7) is 4.64. The Balaban J connectivity index is 0.000000758. The van der Waals surface area contributed by atoms with Crippen LogP contribution in [0.1, 0.15) is 89.2 Å². The summed E-state index contributed by atoms with van der Waals surface area (Å²) in [6.07, 6.45) is 17.4. The zero-order chi connectivity index (χ0) is 18.8. The SMILES string of the molecule is CCc1cc(CC)cc(P(C2CCCCC2)C2CCCCC2)c1.Cl[CH2][Pd]. The molecule has 0 saturated heterocycles. The normalized spacial score (nSPS) is 19.3. The summed E-state index contributed by atoms with van der Waals surface area (Å²) < 4.78 is 0.572. The van der Waals surface area contributed by atoms with Gasteiger partial charge in [-0.2, -0.15) is 0 Å². The monoisotopic (exact) mass is 485 g/mol. The van der Waals surface area contributed by atoms with Crippen molar-refractivity contribution in [1.29, 1.82) is 0 Å². The molecule has 0 N–H and O–H groups in total. The van der Waals surface area contributed by atoms with Gasteiger partial charge in [0.15, 0.2) is 0 Å². The van der Waals surface area contributed by atoms with Crippen molar-refractivity contribution in [3.05, 3.63) is 29.3 Å². The number of hydrogen-bond donors (Lipinski definition) is 0. The molecule has 2 aliphatic carbocycles. The van der Waals surface area contributed by atoms with Crippen molar-refractivity contribution < 1.29 is 19.2 Å². The molecule has 1 aromatic rings. The third kappa shape index (κ3) is 6.89. The molecule has 0 unspecified atom stereocenters. The van der Waals surface area contributed by atoms with Crippen LogP contribution >= 0.6 is 19.5 Å². The summed E-state index contributed by atoms with van der Waals surface area (Å²) in [7, 11) is 0.0641. The zero-order valence-corrected chi connectivity index (χ0v) is 19.9. The minimum atomic E-state index is 0.0641. The molecule has 0 amide bonds. The van der Waals surface area contributed by atoms with E-state index in [0.717, 1.165) is 11.3 Å². The van der Waals surface area contributed by atoms with E-state index >= 15 is 0 Å². The summed E-state index contributed by atoms with van der Waals surface area (Å²) in [5, 5.41) is 1.77. The number of halogens is 1. The second kappa shape index (κ2) is 12.9. The topological polar surface area (TPSA) is 0 Å². The van der Waals surface area contributed by atoms with Crippen LogP contribution in [-0.4, -0.2) is 15.7 Å². The Labute approximate surface area is 179 Å². The molecule has 2 fully saturated rings. The van der Waals surface area contributed by atoms with Crippen molar-refractivity contribution in [2.45, 2.75) is 102 Å². The first-order valence-electron chi connectivity index (χ1n) is 10.7. The quantitative estimate of drug-likeness (QED) is 0.233. The first-order valence-corrected chi connectivity index (χ1v) is 13.8. The van der Waals surface area contributed by atoms with Crippen LogP contribution in [0.4, 0.5) is 0 Å². The summed E-state index contributed by atoms with van der Waals surface area (Å²) in [6, 6.07) is 7.67. The van der Waals surface area contributed by atoms with E-state index in [1.807, 2.05) is 0 Å². The van der Waals surface area contributed by atoms with Gasteiger partial charge in [0.1, 0.15) is 0 Å². The van der Waals surface area contributed by atoms with E-state index < -0.39 is 0 Å². The second-order valence-corrected chi connectivity index (χ2v) is 12.0. The summed E-state index contributed by atoms with van der Waals surface area (Å²) >= 11 is 7.64. The number of benzene rings is 1. The van der Waals surface area contributed by atoms with Crippen molar-refractivity contribution in [2.24, 2.45) is 0 Å². The van der Waals surface area contributed by atoms with Gasteiger partial charge >= 0.3 is 35.2 Å². The Morgan fingerprint density at radius 2 is 1.19 bits per heavy atom. The van der Waals surface area contributed by atoms with E-state index in [-0.39, 0.29) is 7.92 Å². The molecule has 26 heavy (non-hydrogen) atoms. The fourth-order valence-electron chi connectivity index (χ4n) is 4.74. The molecule has 0 aromatic heterocycles. The molecule has 0 bridgehead atoms. The molecule has 0 heterocycles.